The van der Waals surface area contributed by atoms with Crippen molar-refractivity contribution in [3.8, 4) is 0 Å². The van der Waals surface area contributed by atoms with Gasteiger partial charge in [-0.05, 0) is 44.7 Å². The number of ether oxygens (including phenoxy) is 2. The summed E-state index contributed by atoms with van der Waals surface area (Å²) >= 11 is 0. The number of esters is 2. The van der Waals surface area contributed by atoms with Crippen LogP contribution in [0.25, 0.3) is 21.5 Å². The summed E-state index contributed by atoms with van der Waals surface area (Å²) in [6, 6.07) is 26.3. The van der Waals surface area contributed by atoms with Gasteiger partial charge in [0.05, 0.1) is 14.2 Å². The Balaban J connectivity index is 1.88. The average Bonchev–Trinajstić information content (AvgIpc) is 3.19. The summed E-state index contributed by atoms with van der Waals surface area (Å²) in [6.45, 7) is 0. The summed E-state index contributed by atoms with van der Waals surface area (Å²) in [5.41, 5.74) is 1.25. The third-order valence-electron chi connectivity index (χ3n) is 6.56. The van der Waals surface area contributed by atoms with E-state index in [0.717, 1.165) is 32.7 Å². The predicted molar refractivity (Wildman–Crippen MR) is 120 cm³/mol. The Morgan fingerprint density at radius 2 is 1.32 bits per heavy atom. The van der Waals surface area contributed by atoms with Crippen LogP contribution in [-0.2, 0) is 24.5 Å². The molecule has 0 amide bonds. The van der Waals surface area contributed by atoms with Crippen LogP contribution in [0.15, 0.2) is 78.9 Å². The minimum absolute atomic E-state index is 0.162. The number of rotatable bonds is 3. The van der Waals surface area contributed by atoms with Crippen molar-refractivity contribution in [3.05, 3.63) is 95.6 Å². The van der Waals surface area contributed by atoms with Crippen LogP contribution >= 0.6 is 0 Å². The molecule has 5 rings (SSSR count). The highest BCUT2D eigenvalue weighted by Crippen LogP contribution is 2.53. The highest BCUT2D eigenvalue weighted by Gasteiger charge is 2.57. The van der Waals surface area contributed by atoms with E-state index in [0.29, 0.717) is 5.56 Å². The third-order valence-corrected chi connectivity index (χ3v) is 6.56. The molecule has 4 aromatic carbocycles. The lowest BCUT2D eigenvalue weighted by Gasteiger charge is -2.25. The van der Waals surface area contributed by atoms with Gasteiger partial charge in [-0.15, -0.1) is 0 Å². The average molecular weight is 410 g/mol. The molecule has 1 aliphatic rings. The zero-order valence-corrected chi connectivity index (χ0v) is 17.4. The maximum absolute atomic E-state index is 13.2. The van der Waals surface area contributed by atoms with Crippen molar-refractivity contribution >= 4 is 33.5 Å². The monoisotopic (exact) mass is 410 g/mol. The summed E-state index contributed by atoms with van der Waals surface area (Å²) in [7, 11) is 2.64. The first-order chi connectivity index (χ1) is 15.1. The van der Waals surface area contributed by atoms with Gasteiger partial charge in [0.2, 0.25) is 0 Å². The van der Waals surface area contributed by atoms with E-state index in [1.807, 2.05) is 48.5 Å². The molecule has 0 heterocycles. The van der Waals surface area contributed by atoms with Crippen LogP contribution in [0.4, 0.5) is 0 Å². The highest BCUT2D eigenvalue weighted by atomic mass is 16.5. The van der Waals surface area contributed by atoms with Gasteiger partial charge in [0.15, 0.2) is 5.41 Å². The minimum Gasteiger partial charge on any atom is -0.468 e. The smallest absolute Gasteiger partial charge is 0.327 e. The van der Waals surface area contributed by atoms with Crippen molar-refractivity contribution < 1.29 is 19.1 Å². The summed E-state index contributed by atoms with van der Waals surface area (Å²) in [4.78, 5) is 26.3. The number of fused-ring (bicyclic) bond motifs is 4. The Hall–Kier alpha value is -3.66. The van der Waals surface area contributed by atoms with E-state index in [-0.39, 0.29) is 12.3 Å². The molecule has 0 spiro atoms. The highest BCUT2D eigenvalue weighted by molar-refractivity contribution is 6.09. The number of carbonyl (C=O) groups excluding carboxylic acids is 2. The maximum Gasteiger partial charge on any atom is 0.327 e. The van der Waals surface area contributed by atoms with Gasteiger partial charge in [0, 0.05) is 5.92 Å². The van der Waals surface area contributed by atoms with Gasteiger partial charge in [-0.1, -0.05) is 78.9 Å². The Morgan fingerprint density at radius 3 is 2.00 bits per heavy atom. The molecular formula is C27H22O4. The van der Waals surface area contributed by atoms with E-state index >= 15 is 0 Å². The van der Waals surface area contributed by atoms with Crippen LogP contribution in [-0.4, -0.2) is 26.2 Å². The van der Waals surface area contributed by atoms with Crippen molar-refractivity contribution in [2.24, 2.45) is 0 Å². The van der Waals surface area contributed by atoms with Gasteiger partial charge in [-0.3, -0.25) is 9.59 Å². The fourth-order valence-electron chi connectivity index (χ4n) is 5.20. The first-order valence-electron chi connectivity index (χ1n) is 10.3. The van der Waals surface area contributed by atoms with Crippen LogP contribution in [0.3, 0.4) is 0 Å². The Bertz CT molecular complexity index is 1320. The number of hydrogen-bond acceptors (Lipinski definition) is 4. The molecule has 4 heteroatoms. The molecule has 0 aliphatic heterocycles. The minimum atomic E-state index is -1.50. The van der Waals surface area contributed by atoms with Crippen LogP contribution in [0, 0.1) is 0 Å². The van der Waals surface area contributed by atoms with Gasteiger partial charge < -0.3 is 9.47 Å². The molecule has 0 fully saturated rings. The molecule has 0 bridgehead atoms. The van der Waals surface area contributed by atoms with Gasteiger partial charge >= 0.3 is 11.9 Å². The number of benzene rings is 4. The molecule has 31 heavy (non-hydrogen) atoms. The number of methoxy groups -OCH3 is 2. The molecule has 0 aromatic heterocycles. The SMILES string of the molecule is COC(=O)C1(C(=O)OC)CC(c2cccc3ccccc23)c2c1ccc1ccccc21. The number of carbonyl (C=O) groups is 2. The maximum atomic E-state index is 13.2. The molecule has 4 aromatic rings. The predicted octanol–water partition coefficient (Wildman–Crippen LogP) is 5.11. The van der Waals surface area contributed by atoms with Crippen LogP contribution in [0.1, 0.15) is 29.0 Å². The topological polar surface area (TPSA) is 52.6 Å². The van der Waals surface area contributed by atoms with Gasteiger partial charge in [0.25, 0.3) is 0 Å². The molecule has 1 aliphatic carbocycles. The van der Waals surface area contributed by atoms with Crippen molar-refractivity contribution in [1.29, 1.82) is 0 Å². The molecular weight excluding hydrogens is 388 g/mol. The fourth-order valence-corrected chi connectivity index (χ4v) is 5.20. The first-order valence-corrected chi connectivity index (χ1v) is 10.3. The number of hydrogen-bond donors (Lipinski definition) is 0. The van der Waals surface area contributed by atoms with Gasteiger partial charge in [-0.25, -0.2) is 0 Å². The van der Waals surface area contributed by atoms with Crippen molar-refractivity contribution in [3.63, 3.8) is 0 Å². The Morgan fingerprint density at radius 1 is 0.742 bits per heavy atom. The van der Waals surface area contributed by atoms with Crippen molar-refractivity contribution in [2.45, 2.75) is 17.8 Å². The van der Waals surface area contributed by atoms with Crippen LogP contribution in [0.5, 0.6) is 0 Å². The summed E-state index contributed by atoms with van der Waals surface area (Å²) in [6.07, 6.45) is 0.268. The Kier molecular flexibility index (Phi) is 4.51. The zero-order chi connectivity index (χ0) is 21.6. The summed E-state index contributed by atoms with van der Waals surface area (Å²) in [5, 5.41) is 4.33. The van der Waals surface area contributed by atoms with E-state index in [1.165, 1.54) is 14.2 Å². The van der Waals surface area contributed by atoms with E-state index in [4.69, 9.17) is 9.47 Å². The fraction of sp³-hybridized carbons (Fsp3) is 0.185. The molecule has 0 saturated carbocycles. The molecule has 0 radical (unpaired) electrons. The van der Waals surface area contributed by atoms with Gasteiger partial charge in [-0.2, -0.15) is 0 Å². The van der Waals surface area contributed by atoms with E-state index in [9.17, 15) is 9.59 Å². The van der Waals surface area contributed by atoms with Crippen molar-refractivity contribution in [2.75, 3.05) is 14.2 Å². The molecule has 0 saturated heterocycles. The summed E-state index contributed by atoms with van der Waals surface area (Å²) < 4.78 is 10.3. The quantitative estimate of drug-likeness (QED) is 0.348. The van der Waals surface area contributed by atoms with E-state index in [1.54, 1.807) is 0 Å². The van der Waals surface area contributed by atoms with E-state index in [2.05, 4.69) is 30.3 Å². The lowest BCUT2D eigenvalue weighted by atomic mass is 9.80. The molecule has 154 valence electrons. The second-order valence-corrected chi connectivity index (χ2v) is 7.96. The first kappa shape index (κ1) is 19.3. The zero-order valence-electron chi connectivity index (χ0n) is 17.4. The Labute approximate surface area is 180 Å². The lowest BCUT2D eigenvalue weighted by molar-refractivity contribution is -0.162. The third kappa shape index (κ3) is 2.68. The second kappa shape index (κ2) is 7.24. The molecule has 4 nitrogen and oxygen atoms in total. The molecule has 0 N–H and O–H groups in total. The van der Waals surface area contributed by atoms with Crippen molar-refractivity contribution in [1.82, 2.24) is 0 Å². The standard InChI is InChI=1S/C27H22O4/c1-30-25(28)27(26(29)31-2)16-22(21-13-7-10-17-8-3-5-11-19(17)21)24-20-12-6-4-9-18(20)14-15-23(24)27/h3-15,22H,16H2,1-2H3. The van der Waals surface area contributed by atoms with Crippen LogP contribution in [0.2, 0.25) is 0 Å². The largest absolute Gasteiger partial charge is 0.468 e. The molecule has 1 atom stereocenters. The normalized spacial score (nSPS) is 16.8. The summed E-state index contributed by atoms with van der Waals surface area (Å²) in [5.74, 6) is -1.33. The second-order valence-electron chi connectivity index (χ2n) is 7.96. The van der Waals surface area contributed by atoms with E-state index < -0.39 is 17.4 Å². The van der Waals surface area contributed by atoms with Crippen LogP contribution < -0.4 is 0 Å². The molecule has 1 unspecified atom stereocenters. The lowest BCUT2D eigenvalue weighted by Crippen LogP contribution is -2.43. The van der Waals surface area contributed by atoms with Gasteiger partial charge in [0.1, 0.15) is 0 Å².